The molecular formula is C16H23NO3. The van der Waals surface area contributed by atoms with E-state index in [1.54, 1.807) is 0 Å². The number of piperidine rings is 1. The fourth-order valence-corrected chi connectivity index (χ4v) is 2.81. The Morgan fingerprint density at radius 1 is 1.40 bits per heavy atom. The summed E-state index contributed by atoms with van der Waals surface area (Å²) >= 11 is 0. The fourth-order valence-electron chi connectivity index (χ4n) is 2.81. The highest BCUT2D eigenvalue weighted by atomic mass is 16.5. The van der Waals surface area contributed by atoms with E-state index in [0.717, 1.165) is 31.4 Å². The molecule has 1 aromatic rings. The summed E-state index contributed by atoms with van der Waals surface area (Å²) in [4.78, 5) is 13.7. The number of carbonyl (C=O) groups excluding carboxylic acids is 1. The Hall–Kier alpha value is -1.39. The molecule has 2 atom stereocenters. The Labute approximate surface area is 120 Å². The van der Waals surface area contributed by atoms with E-state index in [9.17, 15) is 9.90 Å². The van der Waals surface area contributed by atoms with E-state index in [-0.39, 0.29) is 12.0 Å². The first-order valence-electron chi connectivity index (χ1n) is 7.24. The maximum Gasteiger partial charge on any atom is 0.307 e. The van der Waals surface area contributed by atoms with Crippen molar-refractivity contribution in [2.45, 2.75) is 37.8 Å². The van der Waals surface area contributed by atoms with Crippen molar-refractivity contribution in [3.05, 3.63) is 35.9 Å². The molecule has 0 amide bonds. The van der Waals surface area contributed by atoms with Gasteiger partial charge >= 0.3 is 5.97 Å². The van der Waals surface area contributed by atoms with Crippen LogP contribution in [0.2, 0.25) is 0 Å². The zero-order valence-corrected chi connectivity index (χ0v) is 12.0. The monoisotopic (exact) mass is 277 g/mol. The van der Waals surface area contributed by atoms with Gasteiger partial charge in [0.2, 0.25) is 0 Å². The van der Waals surface area contributed by atoms with Crippen LogP contribution in [0.1, 0.15) is 37.4 Å². The molecule has 4 heteroatoms. The van der Waals surface area contributed by atoms with Crippen LogP contribution in [-0.4, -0.2) is 42.2 Å². The van der Waals surface area contributed by atoms with Crippen LogP contribution in [0, 0.1) is 0 Å². The molecule has 4 nitrogen and oxygen atoms in total. The van der Waals surface area contributed by atoms with Crippen molar-refractivity contribution >= 4 is 5.97 Å². The minimum absolute atomic E-state index is 0.170. The number of hydrogen-bond acceptors (Lipinski definition) is 4. The van der Waals surface area contributed by atoms with Gasteiger partial charge in [-0.25, -0.2) is 0 Å². The Kier molecular flexibility index (Phi) is 5.56. The standard InChI is InChI=1S/C16H23NO3/c1-20-16(19)11-14-9-5-6-10-17(14)12-15(18)13-7-3-2-4-8-13/h2-4,7-8,14-15,18H,5-6,9-12H2,1H3. The molecule has 1 heterocycles. The smallest absolute Gasteiger partial charge is 0.307 e. The molecule has 0 aromatic heterocycles. The van der Waals surface area contributed by atoms with Gasteiger partial charge in [0.25, 0.3) is 0 Å². The molecule has 20 heavy (non-hydrogen) atoms. The molecule has 1 aliphatic heterocycles. The second-order valence-corrected chi connectivity index (χ2v) is 5.35. The van der Waals surface area contributed by atoms with Gasteiger partial charge in [-0.2, -0.15) is 0 Å². The second-order valence-electron chi connectivity index (χ2n) is 5.35. The van der Waals surface area contributed by atoms with E-state index in [0.29, 0.717) is 13.0 Å². The normalized spacial score (nSPS) is 21.4. The van der Waals surface area contributed by atoms with Gasteiger partial charge in [0.1, 0.15) is 0 Å². The molecule has 2 unspecified atom stereocenters. The van der Waals surface area contributed by atoms with Gasteiger partial charge in [0.05, 0.1) is 19.6 Å². The summed E-state index contributed by atoms with van der Waals surface area (Å²) in [7, 11) is 1.42. The van der Waals surface area contributed by atoms with Gasteiger partial charge in [0.15, 0.2) is 0 Å². The topological polar surface area (TPSA) is 49.8 Å². The van der Waals surface area contributed by atoms with E-state index in [1.807, 2.05) is 30.3 Å². The lowest BCUT2D eigenvalue weighted by Gasteiger charge is -2.36. The molecule has 1 N–H and O–H groups in total. The van der Waals surface area contributed by atoms with Crippen molar-refractivity contribution in [1.29, 1.82) is 0 Å². The Balaban J connectivity index is 1.96. The van der Waals surface area contributed by atoms with Crippen LogP contribution in [0.4, 0.5) is 0 Å². The van der Waals surface area contributed by atoms with Crippen molar-refractivity contribution in [2.24, 2.45) is 0 Å². The van der Waals surface area contributed by atoms with Crippen molar-refractivity contribution in [2.75, 3.05) is 20.2 Å². The number of benzene rings is 1. The molecule has 0 bridgehead atoms. The first kappa shape index (κ1) is 15.0. The van der Waals surface area contributed by atoms with Crippen LogP contribution in [0.15, 0.2) is 30.3 Å². The molecule has 110 valence electrons. The van der Waals surface area contributed by atoms with Crippen molar-refractivity contribution in [3.63, 3.8) is 0 Å². The van der Waals surface area contributed by atoms with Crippen LogP contribution in [0.5, 0.6) is 0 Å². The summed E-state index contributed by atoms with van der Waals surface area (Å²) in [5, 5.41) is 10.3. The minimum Gasteiger partial charge on any atom is -0.469 e. The zero-order valence-electron chi connectivity index (χ0n) is 12.0. The van der Waals surface area contributed by atoms with E-state index < -0.39 is 6.10 Å². The number of hydrogen-bond donors (Lipinski definition) is 1. The van der Waals surface area contributed by atoms with Crippen LogP contribution < -0.4 is 0 Å². The summed E-state index contributed by atoms with van der Waals surface area (Å²) in [5.74, 6) is -0.170. The number of rotatable bonds is 5. The minimum atomic E-state index is -0.505. The van der Waals surface area contributed by atoms with Gasteiger partial charge < -0.3 is 9.84 Å². The number of methoxy groups -OCH3 is 1. The molecule has 0 spiro atoms. The van der Waals surface area contributed by atoms with Crippen LogP contribution in [0.3, 0.4) is 0 Å². The lowest BCUT2D eigenvalue weighted by atomic mass is 9.98. The SMILES string of the molecule is COC(=O)CC1CCCCN1CC(O)c1ccccc1. The molecule has 1 saturated heterocycles. The molecule has 1 fully saturated rings. The summed E-state index contributed by atoms with van der Waals surface area (Å²) in [6.45, 7) is 1.51. The molecule has 0 radical (unpaired) electrons. The quantitative estimate of drug-likeness (QED) is 0.838. The first-order chi connectivity index (χ1) is 9.70. The average Bonchev–Trinajstić information content (AvgIpc) is 2.50. The number of ether oxygens (including phenoxy) is 1. The highest BCUT2D eigenvalue weighted by Gasteiger charge is 2.26. The zero-order chi connectivity index (χ0) is 14.4. The lowest BCUT2D eigenvalue weighted by molar-refractivity contribution is -0.142. The Bertz CT molecular complexity index is 421. The predicted molar refractivity (Wildman–Crippen MR) is 77.2 cm³/mol. The van der Waals surface area contributed by atoms with Crippen molar-refractivity contribution in [3.8, 4) is 0 Å². The number of β-amino-alcohol motifs (C(OH)–C–C–N with tert-alkyl or cyclic N) is 1. The van der Waals surface area contributed by atoms with Gasteiger partial charge in [-0.1, -0.05) is 36.8 Å². The molecule has 1 aromatic carbocycles. The van der Waals surface area contributed by atoms with Crippen LogP contribution in [0.25, 0.3) is 0 Å². The number of aliphatic hydroxyl groups excluding tert-OH is 1. The van der Waals surface area contributed by atoms with Crippen LogP contribution >= 0.6 is 0 Å². The van der Waals surface area contributed by atoms with Crippen molar-refractivity contribution < 1.29 is 14.6 Å². The highest BCUT2D eigenvalue weighted by molar-refractivity contribution is 5.69. The van der Waals surface area contributed by atoms with E-state index in [4.69, 9.17) is 4.74 Å². The second kappa shape index (κ2) is 7.41. The summed E-state index contributed by atoms with van der Waals surface area (Å²) in [6.07, 6.45) is 3.17. The third kappa shape index (κ3) is 4.05. The number of nitrogens with zero attached hydrogens (tertiary/aromatic N) is 1. The maximum absolute atomic E-state index is 11.5. The molecule has 0 aliphatic carbocycles. The largest absolute Gasteiger partial charge is 0.469 e. The van der Waals surface area contributed by atoms with E-state index in [1.165, 1.54) is 7.11 Å². The number of carbonyl (C=O) groups is 1. The summed E-state index contributed by atoms with van der Waals surface area (Å²) in [6, 6.07) is 9.86. The molecule has 0 saturated carbocycles. The van der Waals surface area contributed by atoms with Gasteiger partial charge in [0, 0.05) is 12.6 Å². The number of aliphatic hydroxyl groups is 1. The van der Waals surface area contributed by atoms with E-state index >= 15 is 0 Å². The average molecular weight is 277 g/mol. The third-order valence-corrected chi connectivity index (χ3v) is 3.97. The molecule has 1 aliphatic rings. The highest BCUT2D eigenvalue weighted by Crippen LogP contribution is 2.23. The summed E-state index contributed by atoms with van der Waals surface area (Å²) < 4.78 is 4.76. The van der Waals surface area contributed by atoms with Gasteiger partial charge in [-0.3, -0.25) is 9.69 Å². The maximum atomic E-state index is 11.5. The molecule has 2 rings (SSSR count). The fraction of sp³-hybridized carbons (Fsp3) is 0.562. The van der Waals surface area contributed by atoms with E-state index in [2.05, 4.69) is 4.90 Å². The van der Waals surface area contributed by atoms with Crippen LogP contribution in [-0.2, 0) is 9.53 Å². The Morgan fingerprint density at radius 2 is 2.15 bits per heavy atom. The summed E-state index contributed by atoms with van der Waals surface area (Å²) in [5.41, 5.74) is 0.926. The number of likely N-dealkylation sites (tertiary alicyclic amines) is 1. The first-order valence-corrected chi connectivity index (χ1v) is 7.24. The predicted octanol–water partition coefficient (Wildman–Crippen LogP) is 2.14. The molecular weight excluding hydrogens is 254 g/mol. The van der Waals surface area contributed by atoms with Crippen molar-refractivity contribution in [1.82, 2.24) is 4.90 Å². The number of esters is 1. The van der Waals surface area contributed by atoms with Gasteiger partial charge in [-0.05, 0) is 24.9 Å². The van der Waals surface area contributed by atoms with Gasteiger partial charge in [-0.15, -0.1) is 0 Å². The third-order valence-electron chi connectivity index (χ3n) is 3.97. The lowest BCUT2D eigenvalue weighted by Crippen LogP contribution is -2.43. The Morgan fingerprint density at radius 3 is 2.85 bits per heavy atom.